The standard InChI is InChI=1S/C17H16FNO4/c1-10(7-13(20)15-3-2-6-22-15)19-17(21)16-9-11-8-12(18)4-5-14(11)23-16/h2-6,8-10,13,20H,7H2,1H3,(H,19,21). The second kappa shape index (κ2) is 6.26. The smallest absolute Gasteiger partial charge is 0.287 e. The van der Waals surface area contributed by atoms with Crippen molar-refractivity contribution in [3.63, 3.8) is 0 Å². The van der Waals surface area contributed by atoms with Crippen LogP contribution in [0.1, 0.15) is 35.8 Å². The molecule has 0 saturated heterocycles. The summed E-state index contributed by atoms with van der Waals surface area (Å²) >= 11 is 0. The van der Waals surface area contributed by atoms with Gasteiger partial charge < -0.3 is 19.3 Å². The lowest BCUT2D eigenvalue weighted by Crippen LogP contribution is -2.33. The predicted octanol–water partition coefficient (Wildman–Crippen LogP) is 3.41. The minimum atomic E-state index is -0.801. The summed E-state index contributed by atoms with van der Waals surface area (Å²) in [5, 5.41) is 13.3. The zero-order valence-corrected chi connectivity index (χ0v) is 12.5. The molecule has 2 unspecified atom stereocenters. The van der Waals surface area contributed by atoms with Crippen molar-refractivity contribution < 1.29 is 23.1 Å². The van der Waals surface area contributed by atoms with Crippen LogP contribution in [0.2, 0.25) is 0 Å². The van der Waals surface area contributed by atoms with Crippen LogP contribution in [0.15, 0.2) is 51.5 Å². The molecule has 2 N–H and O–H groups in total. The zero-order valence-electron chi connectivity index (χ0n) is 12.5. The highest BCUT2D eigenvalue weighted by Gasteiger charge is 2.19. The Hall–Kier alpha value is -2.60. The highest BCUT2D eigenvalue weighted by molar-refractivity contribution is 5.96. The van der Waals surface area contributed by atoms with Crippen LogP contribution < -0.4 is 5.32 Å². The Morgan fingerprint density at radius 3 is 2.91 bits per heavy atom. The van der Waals surface area contributed by atoms with Crippen molar-refractivity contribution in [1.82, 2.24) is 5.32 Å². The van der Waals surface area contributed by atoms with Crippen LogP contribution in [0, 0.1) is 5.82 Å². The third-order valence-electron chi connectivity index (χ3n) is 3.53. The lowest BCUT2D eigenvalue weighted by Gasteiger charge is -2.15. The summed E-state index contributed by atoms with van der Waals surface area (Å²) in [7, 11) is 0. The van der Waals surface area contributed by atoms with Crippen molar-refractivity contribution in [2.24, 2.45) is 0 Å². The molecule has 0 aliphatic carbocycles. The maximum absolute atomic E-state index is 13.2. The van der Waals surface area contributed by atoms with Crippen molar-refractivity contribution in [2.75, 3.05) is 0 Å². The molecule has 23 heavy (non-hydrogen) atoms. The van der Waals surface area contributed by atoms with Gasteiger partial charge in [-0.2, -0.15) is 0 Å². The maximum Gasteiger partial charge on any atom is 0.287 e. The van der Waals surface area contributed by atoms with Gasteiger partial charge in [0, 0.05) is 17.8 Å². The predicted molar refractivity (Wildman–Crippen MR) is 81.4 cm³/mol. The van der Waals surface area contributed by atoms with Crippen LogP contribution in [0.4, 0.5) is 4.39 Å². The van der Waals surface area contributed by atoms with Crippen molar-refractivity contribution in [2.45, 2.75) is 25.5 Å². The first-order valence-corrected chi connectivity index (χ1v) is 7.24. The van der Waals surface area contributed by atoms with E-state index in [-0.39, 0.29) is 17.6 Å². The van der Waals surface area contributed by atoms with E-state index < -0.39 is 12.0 Å². The largest absolute Gasteiger partial charge is 0.467 e. The number of hydrogen-bond acceptors (Lipinski definition) is 4. The summed E-state index contributed by atoms with van der Waals surface area (Å²) in [5.41, 5.74) is 0.444. The van der Waals surface area contributed by atoms with E-state index in [4.69, 9.17) is 8.83 Å². The Labute approximate surface area is 131 Å². The number of amides is 1. The molecule has 2 aromatic heterocycles. The molecule has 6 heteroatoms. The quantitative estimate of drug-likeness (QED) is 0.756. The lowest BCUT2D eigenvalue weighted by molar-refractivity contribution is 0.0878. The summed E-state index contributed by atoms with van der Waals surface area (Å²) in [6, 6.07) is 8.61. The number of halogens is 1. The zero-order chi connectivity index (χ0) is 16.4. The molecule has 5 nitrogen and oxygen atoms in total. The number of carbonyl (C=O) groups is 1. The van der Waals surface area contributed by atoms with Gasteiger partial charge in [-0.25, -0.2) is 4.39 Å². The fraction of sp³-hybridized carbons (Fsp3) is 0.235. The van der Waals surface area contributed by atoms with E-state index in [0.717, 1.165) is 0 Å². The molecule has 0 fully saturated rings. The summed E-state index contributed by atoms with van der Waals surface area (Å²) in [6.07, 6.45) is 0.980. The Balaban J connectivity index is 1.65. The van der Waals surface area contributed by atoms with Crippen molar-refractivity contribution in [3.05, 3.63) is 60.0 Å². The van der Waals surface area contributed by atoms with E-state index in [9.17, 15) is 14.3 Å². The molecule has 0 spiro atoms. The first-order chi connectivity index (χ1) is 11.0. The van der Waals surface area contributed by atoms with Gasteiger partial charge in [-0.3, -0.25) is 4.79 Å². The number of nitrogens with one attached hydrogen (secondary N) is 1. The SMILES string of the molecule is CC(CC(O)c1ccco1)NC(=O)c1cc2cc(F)ccc2o1. The second-order valence-corrected chi connectivity index (χ2v) is 5.43. The van der Waals surface area contributed by atoms with Crippen molar-refractivity contribution in [3.8, 4) is 0 Å². The number of fused-ring (bicyclic) bond motifs is 1. The molecular formula is C17H16FNO4. The number of carbonyl (C=O) groups excluding carboxylic acids is 1. The van der Waals surface area contributed by atoms with E-state index in [1.54, 1.807) is 19.1 Å². The third-order valence-corrected chi connectivity index (χ3v) is 3.53. The Morgan fingerprint density at radius 1 is 1.35 bits per heavy atom. The third kappa shape index (κ3) is 3.43. The van der Waals surface area contributed by atoms with Crippen LogP contribution in [0.5, 0.6) is 0 Å². The first-order valence-electron chi connectivity index (χ1n) is 7.24. The van der Waals surface area contributed by atoms with Gasteiger partial charge in [0.15, 0.2) is 5.76 Å². The fourth-order valence-corrected chi connectivity index (χ4v) is 2.41. The summed E-state index contributed by atoms with van der Waals surface area (Å²) in [6.45, 7) is 1.77. The molecule has 3 aromatic rings. The molecule has 120 valence electrons. The average molecular weight is 317 g/mol. The molecule has 0 radical (unpaired) electrons. The molecule has 0 aliphatic rings. The van der Waals surface area contributed by atoms with Gasteiger partial charge in [0.1, 0.15) is 23.3 Å². The van der Waals surface area contributed by atoms with Gasteiger partial charge in [-0.05, 0) is 43.3 Å². The molecule has 0 bridgehead atoms. The van der Waals surface area contributed by atoms with E-state index in [1.165, 1.54) is 30.5 Å². The normalized spacial score (nSPS) is 13.9. The van der Waals surface area contributed by atoms with Gasteiger partial charge in [-0.1, -0.05) is 0 Å². The summed E-state index contributed by atoms with van der Waals surface area (Å²) < 4.78 is 23.7. The van der Waals surface area contributed by atoms with Crippen LogP contribution in [0.25, 0.3) is 11.0 Å². The van der Waals surface area contributed by atoms with E-state index in [2.05, 4.69) is 5.32 Å². The van der Waals surface area contributed by atoms with Crippen LogP contribution in [-0.4, -0.2) is 17.1 Å². The number of hydrogen-bond donors (Lipinski definition) is 2. The van der Waals surface area contributed by atoms with Crippen LogP contribution >= 0.6 is 0 Å². The average Bonchev–Trinajstić information content (AvgIpc) is 3.15. The van der Waals surface area contributed by atoms with Gasteiger partial charge in [0.05, 0.1) is 6.26 Å². The Kier molecular flexibility index (Phi) is 4.16. The number of furan rings is 2. The number of aliphatic hydroxyl groups is 1. The number of rotatable bonds is 5. The highest BCUT2D eigenvalue weighted by Crippen LogP contribution is 2.21. The van der Waals surface area contributed by atoms with Gasteiger partial charge >= 0.3 is 0 Å². The van der Waals surface area contributed by atoms with E-state index in [0.29, 0.717) is 23.2 Å². The molecule has 3 rings (SSSR count). The van der Waals surface area contributed by atoms with Gasteiger partial charge in [-0.15, -0.1) is 0 Å². The molecule has 0 aliphatic heterocycles. The Bertz CT molecular complexity index is 809. The fourth-order valence-electron chi connectivity index (χ4n) is 2.41. The van der Waals surface area contributed by atoms with Crippen LogP contribution in [0.3, 0.4) is 0 Å². The van der Waals surface area contributed by atoms with Crippen LogP contribution in [-0.2, 0) is 0 Å². The minimum absolute atomic E-state index is 0.102. The van der Waals surface area contributed by atoms with E-state index >= 15 is 0 Å². The highest BCUT2D eigenvalue weighted by atomic mass is 19.1. The van der Waals surface area contributed by atoms with Crippen molar-refractivity contribution in [1.29, 1.82) is 0 Å². The number of aliphatic hydroxyl groups excluding tert-OH is 1. The molecular weight excluding hydrogens is 301 g/mol. The monoisotopic (exact) mass is 317 g/mol. The van der Waals surface area contributed by atoms with Crippen molar-refractivity contribution >= 4 is 16.9 Å². The molecule has 1 aromatic carbocycles. The van der Waals surface area contributed by atoms with E-state index in [1.807, 2.05) is 0 Å². The topological polar surface area (TPSA) is 75.6 Å². The summed E-state index contributed by atoms with van der Waals surface area (Å²) in [5.74, 6) is -0.254. The molecule has 1 amide bonds. The molecule has 0 saturated carbocycles. The Morgan fingerprint density at radius 2 is 2.17 bits per heavy atom. The van der Waals surface area contributed by atoms with Gasteiger partial charge in [0.2, 0.25) is 0 Å². The summed E-state index contributed by atoms with van der Waals surface area (Å²) in [4.78, 5) is 12.2. The molecule has 2 atom stereocenters. The first kappa shape index (κ1) is 15.3. The lowest BCUT2D eigenvalue weighted by atomic mass is 10.1. The minimum Gasteiger partial charge on any atom is -0.467 e. The number of benzene rings is 1. The van der Waals surface area contributed by atoms with Gasteiger partial charge in [0.25, 0.3) is 5.91 Å². The maximum atomic E-state index is 13.2. The second-order valence-electron chi connectivity index (χ2n) is 5.43. The molecule has 2 heterocycles.